The zero-order valence-corrected chi connectivity index (χ0v) is 13.1. The molecule has 0 aromatic carbocycles. The molecule has 0 aliphatic carbocycles. The van der Waals surface area contributed by atoms with Crippen molar-refractivity contribution in [1.29, 1.82) is 0 Å². The van der Waals surface area contributed by atoms with Gasteiger partial charge in [0.05, 0.1) is 0 Å². The van der Waals surface area contributed by atoms with Crippen LogP contribution in [0.15, 0.2) is 0 Å². The van der Waals surface area contributed by atoms with E-state index in [9.17, 15) is 24.6 Å². The molecule has 0 radical (unpaired) electrons. The van der Waals surface area contributed by atoms with E-state index in [4.69, 9.17) is 0 Å². The summed E-state index contributed by atoms with van der Waals surface area (Å²) in [5.74, 6) is 0.904. The van der Waals surface area contributed by atoms with Gasteiger partial charge in [-0.05, 0) is 0 Å². The van der Waals surface area contributed by atoms with Gasteiger partial charge in [0, 0.05) is 0 Å². The van der Waals surface area contributed by atoms with E-state index in [2.05, 4.69) is 33.8 Å². The molecule has 0 amide bonds. The van der Waals surface area contributed by atoms with Crippen LogP contribution in [0, 0.1) is 5.92 Å². The number of rotatable bonds is 4. The molecule has 108 valence electrons. The number of hydrogen-bond acceptors (Lipinski definition) is 4. The van der Waals surface area contributed by atoms with Crippen LogP contribution in [-0.2, 0) is 20.8 Å². The van der Waals surface area contributed by atoms with Crippen LogP contribution >= 0.6 is 7.26 Å². The molecule has 0 saturated heterocycles. The minimum Gasteiger partial charge on any atom is -0.176 e. The Morgan fingerprint density at radius 3 is 1.29 bits per heavy atom. The number of hydrogen-bond donors (Lipinski definition) is 1. The Bertz CT molecular complexity index is 384. The maximum atomic E-state index is 11.1. The molecule has 1 N–H and O–H groups in total. The van der Waals surface area contributed by atoms with Crippen molar-refractivity contribution in [2.45, 2.75) is 13.8 Å². The fourth-order valence-corrected chi connectivity index (χ4v) is 4.74. The van der Waals surface area contributed by atoms with Gasteiger partial charge < -0.3 is 0 Å². The van der Waals surface area contributed by atoms with E-state index in [0.29, 0.717) is 0 Å². The molecule has 0 rings (SSSR count). The summed E-state index contributed by atoms with van der Waals surface area (Å²) in [5, 5.41) is 0. The van der Waals surface area contributed by atoms with E-state index in [0.717, 1.165) is 5.92 Å². The van der Waals surface area contributed by atoms with Gasteiger partial charge >= 0.3 is 74.0 Å². The van der Waals surface area contributed by atoms with Gasteiger partial charge in [0.15, 0.2) is 0 Å². The van der Waals surface area contributed by atoms with Crippen LogP contribution in [0.5, 0.6) is 0 Å². The Morgan fingerprint density at radius 1 is 1.00 bits per heavy atom. The summed E-state index contributed by atoms with van der Waals surface area (Å²) in [6.07, 6.45) is 1.47. The zero-order valence-electron chi connectivity index (χ0n) is 10.5. The van der Waals surface area contributed by atoms with Crippen LogP contribution in [0.25, 0.3) is 0 Å². The Hall–Kier alpha value is 0.150. The molecule has 0 aromatic heterocycles. The maximum absolute atomic E-state index is 11.1. The first-order valence-corrected chi connectivity index (χ1v) is 11.3. The standard InChI is InChI=1S/C7H19P.F2HNO4S2/c1-7(2)6-8(3,4)5;1-8(4,5)3-9(2,6)7/h7-8H,6H2,1-5H3;3H. The number of nitrogens with one attached hydrogen (secondary N) is 1. The fraction of sp³-hybridized carbons (Fsp3) is 1.00. The minimum absolute atomic E-state index is 0.0694. The Morgan fingerprint density at radius 2 is 1.29 bits per heavy atom. The van der Waals surface area contributed by atoms with E-state index >= 15 is 0 Å². The third-order valence-electron chi connectivity index (χ3n) is 1.22. The molecule has 0 atom stereocenters. The van der Waals surface area contributed by atoms with Gasteiger partial charge in [-0.25, -0.2) is 0 Å². The molecule has 0 bridgehead atoms. The summed E-state index contributed by atoms with van der Waals surface area (Å²) < 4.78 is 59.3. The molecule has 5 nitrogen and oxygen atoms in total. The summed E-state index contributed by atoms with van der Waals surface area (Å²) in [4.78, 5) is 0. The molecular formula is C7H20F2NO4PS2. The normalized spacial score (nSPS) is 14.1. The van der Waals surface area contributed by atoms with Crippen molar-refractivity contribution in [3.05, 3.63) is 0 Å². The molecule has 0 aliphatic heterocycles. The smallest absolute Gasteiger partial charge is 0.176 e. The molecule has 10 heteroatoms. The van der Waals surface area contributed by atoms with Gasteiger partial charge in [-0.2, -0.15) is 16.8 Å². The van der Waals surface area contributed by atoms with Crippen LogP contribution < -0.4 is 4.13 Å². The zero-order chi connectivity index (χ0) is 14.5. The Labute approximate surface area is 103 Å². The summed E-state index contributed by atoms with van der Waals surface area (Å²) >= 11 is 0. The molecule has 0 spiro atoms. The van der Waals surface area contributed by atoms with Crippen molar-refractivity contribution < 1.29 is 24.6 Å². The van der Waals surface area contributed by atoms with Crippen LogP contribution in [-0.4, -0.2) is 43.0 Å². The molecule has 0 aromatic rings. The van der Waals surface area contributed by atoms with Gasteiger partial charge in [-0.1, -0.05) is 11.9 Å². The molecule has 17 heavy (non-hydrogen) atoms. The monoisotopic (exact) mass is 315 g/mol. The summed E-state index contributed by atoms with van der Waals surface area (Å²) in [5.41, 5.74) is 0. The molecule has 0 saturated carbocycles. The second kappa shape index (κ2) is 6.92. The Balaban J connectivity index is 0. The van der Waals surface area contributed by atoms with Gasteiger partial charge in [0.25, 0.3) is 0 Å². The van der Waals surface area contributed by atoms with Crippen LogP contribution in [0.1, 0.15) is 13.8 Å². The minimum atomic E-state index is -5.49. The molecule has 0 fully saturated rings. The van der Waals surface area contributed by atoms with E-state index in [1.165, 1.54) is 6.16 Å². The molecule has 0 aliphatic rings. The first kappa shape index (κ1) is 19.5. The van der Waals surface area contributed by atoms with Crippen molar-refractivity contribution in [1.82, 2.24) is 4.13 Å². The van der Waals surface area contributed by atoms with E-state index < -0.39 is 28.1 Å². The Kier molecular flexibility index (Phi) is 7.93. The van der Waals surface area contributed by atoms with Crippen molar-refractivity contribution in [2.24, 2.45) is 5.92 Å². The SMILES string of the molecule is CC(C)C[PH](C)(C)C.O=S(=O)(F)NS(=O)(=O)F. The third-order valence-corrected chi connectivity index (χ3v) is 4.85. The molecule has 0 unspecified atom stereocenters. The second-order valence-electron chi connectivity index (χ2n) is 5.12. The van der Waals surface area contributed by atoms with E-state index in [1.54, 1.807) is 0 Å². The first-order valence-electron chi connectivity index (χ1n) is 4.80. The van der Waals surface area contributed by atoms with E-state index in [-0.39, 0.29) is 4.13 Å². The number of halogens is 2. The van der Waals surface area contributed by atoms with Crippen LogP contribution in [0.3, 0.4) is 0 Å². The quantitative estimate of drug-likeness (QED) is 0.626. The fourth-order valence-electron chi connectivity index (χ4n) is 1.34. The predicted octanol–water partition coefficient (Wildman–Crippen LogP) is 1.29. The van der Waals surface area contributed by atoms with Gasteiger partial charge in [0.1, 0.15) is 0 Å². The van der Waals surface area contributed by atoms with Gasteiger partial charge in [-0.15, -0.1) is 0 Å². The maximum Gasteiger partial charge on any atom is 0.387 e. The topological polar surface area (TPSA) is 80.3 Å². The average molecular weight is 315 g/mol. The van der Waals surface area contributed by atoms with Gasteiger partial charge in [-0.3, -0.25) is 0 Å². The third kappa shape index (κ3) is 26.0. The molecular weight excluding hydrogens is 295 g/mol. The first-order chi connectivity index (χ1) is 7.12. The van der Waals surface area contributed by atoms with Crippen molar-refractivity contribution in [2.75, 3.05) is 26.2 Å². The second-order valence-corrected chi connectivity index (χ2v) is 13.1. The average Bonchev–Trinajstić information content (AvgIpc) is 1.68. The van der Waals surface area contributed by atoms with E-state index in [1.807, 2.05) is 0 Å². The van der Waals surface area contributed by atoms with Crippen LogP contribution in [0.4, 0.5) is 7.77 Å². The summed E-state index contributed by atoms with van der Waals surface area (Å²) in [7, 11) is -11.7. The summed E-state index contributed by atoms with van der Waals surface area (Å²) in [6, 6.07) is 0. The van der Waals surface area contributed by atoms with Crippen LogP contribution in [0.2, 0.25) is 0 Å². The predicted molar refractivity (Wildman–Crippen MR) is 69.0 cm³/mol. The largest absolute Gasteiger partial charge is 0.387 e. The summed E-state index contributed by atoms with van der Waals surface area (Å²) in [6.45, 7) is 11.9. The van der Waals surface area contributed by atoms with Crippen molar-refractivity contribution in [3.63, 3.8) is 0 Å². The van der Waals surface area contributed by atoms with Crippen molar-refractivity contribution >= 4 is 28.1 Å². The van der Waals surface area contributed by atoms with Gasteiger partial charge in [0.2, 0.25) is 0 Å². The van der Waals surface area contributed by atoms with Crippen molar-refractivity contribution in [3.8, 4) is 0 Å². The molecule has 0 heterocycles.